The van der Waals surface area contributed by atoms with Crippen LogP contribution in [0.1, 0.15) is 25.5 Å². The van der Waals surface area contributed by atoms with Crippen molar-refractivity contribution in [3.8, 4) is 5.75 Å². The van der Waals surface area contributed by atoms with E-state index in [-0.39, 0.29) is 11.4 Å². The Labute approximate surface area is 118 Å². The third-order valence-corrected chi connectivity index (χ3v) is 2.81. The van der Waals surface area contributed by atoms with Gasteiger partial charge in [0.25, 0.3) is 6.43 Å². The van der Waals surface area contributed by atoms with E-state index in [9.17, 15) is 17.6 Å². The molecule has 0 amide bonds. The Bertz CT molecular complexity index is 619. The number of ether oxygens (including phenoxy) is 1. The number of rotatable bonds is 6. The van der Waals surface area contributed by atoms with Gasteiger partial charge in [-0.2, -0.15) is 8.78 Å². The summed E-state index contributed by atoms with van der Waals surface area (Å²) in [4.78, 5) is 3.83. The molecule has 0 aliphatic carbocycles. The number of fused-ring (bicyclic) bond motifs is 1. The van der Waals surface area contributed by atoms with Crippen LogP contribution in [-0.2, 0) is 0 Å². The summed E-state index contributed by atoms with van der Waals surface area (Å²) in [6.07, 6.45) is -1.91. The maximum atomic E-state index is 12.8. The van der Waals surface area contributed by atoms with Gasteiger partial charge >= 0.3 is 6.61 Å². The first kappa shape index (κ1) is 15.3. The van der Waals surface area contributed by atoms with Gasteiger partial charge in [0.15, 0.2) is 0 Å². The third-order valence-electron chi connectivity index (χ3n) is 2.81. The number of benzene rings is 1. The van der Waals surface area contributed by atoms with Gasteiger partial charge in [-0.1, -0.05) is 6.92 Å². The van der Waals surface area contributed by atoms with Crippen LogP contribution < -0.4 is 10.1 Å². The number of nitrogens with zero attached hydrogens (tertiary/aromatic N) is 1. The van der Waals surface area contributed by atoms with Crippen molar-refractivity contribution in [2.75, 3.05) is 11.9 Å². The van der Waals surface area contributed by atoms with Crippen LogP contribution in [0.3, 0.4) is 0 Å². The fraction of sp³-hybridized carbons (Fsp3) is 0.357. The highest BCUT2D eigenvalue weighted by atomic mass is 19.3. The number of hydrogen-bond donors (Lipinski definition) is 1. The minimum absolute atomic E-state index is 0.0383. The largest absolute Gasteiger partial charge is 0.435 e. The van der Waals surface area contributed by atoms with E-state index in [0.29, 0.717) is 23.1 Å². The molecule has 0 fully saturated rings. The third kappa shape index (κ3) is 3.74. The van der Waals surface area contributed by atoms with Gasteiger partial charge in [0.1, 0.15) is 11.4 Å². The van der Waals surface area contributed by atoms with Gasteiger partial charge in [0.2, 0.25) is 0 Å². The molecule has 3 nitrogen and oxygen atoms in total. The number of halogens is 4. The number of anilines is 1. The van der Waals surface area contributed by atoms with E-state index >= 15 is 0 Å². The fourth-order valence-electron chi connectivity index (χ4n) is 1.92. The van der Waals surface area contributed by atoms with Crippen molar-refractivity contribution in [1.29, 1.82) is 0 Å². The second-order valence-corrected chi connectivity index (χ2v) is 4.38. The van der Waals surface area contributed by atoms with Gasteiger partial charge in [0.05, 0.1) is 5.52 Å². The van der Waals surface area contributed by atoms with Gasteiger partial charge in [0, 0.05) is 17.6 Å². The number of hydrogen-bond acceptors (Lipinski definition) is 3. The molecule has 1 heterocycles. The van der Waals surface area contributed by atoms with Crippen LogP contribution in [0.25, 0.3) is 10.9 Å². The normalized spacial score (nSPS) is 11.4. The molecule has 0 aliphatic rings. The van der Waals surface area contributed by atoms with E-state index in [1.54, 1.807) is 0 Å². The average molecular weight is 302 g/mol. The monoisotopic (exact) mass is 302 g/mol. The number of pyridine rings is 1. The van der Waals surface area contributed by atoms with Crippen molar-refractivity contribution in [1.82, 2.24) is 4.98 Å². The highest BCUT2D eigenvalue weighted by molar-refractivity contribution is 5.92. The highest BCUT2D eigenvalue weighted by Gasteiger charge is 2.14. The van der Waals surface area contributed by atoms with Crippen molar-refractivity contribution in [2.45, 2.75) is 26.4 Å². The van der Waals surface area contributed by atoms with Crippen LogP contribution in [0.4, 0.5) is 23.2 Å². The van der Waals surface area contributed by atoms with Gasteiger partial charge in [-0.15, -0.1) is 0 Å². The summed E-state index contributed by atoms with van der Waals surface area (Å²) in [6.45, 7) is -0.444. The smallest absolute Gasteiger partial charge is 0.387 e. The molecule has 0 atom stereocenters. The van der Waals surface area contributed by atoms with E-state index in [2.05, 4.69) is 15.0 Å². The number of alkyl halides is 4. The average Bonchev–Trinajstić information content (AvgIpc) is 2.43. The van der Waals surface area contributed by atoms with Crippen LogP contribution in [0.15, 0.2) is 24.3 Å². The van der Waals surface area contributed by atoms with Crippen molar-refractivity contribution >= 4 is 16.6 Å². The van der Waals surface area contributed by atoms with Gasteiger partial charge in [-0.25, -0.2) is 13.8 Å². The second-order valence-electron chi connectivity index (χ2n) is 4.38. The number of nitrogens with one attached hydrogen (secondary N) is 1. The maximum absolute atomic E-state index is 12.8. The topological polar surface area (TPSA) is 34.2 Å². The van der Waals surface area contributed by atoms with Crippen molar-refractivity contribution in [3.05, 3.63) is 30.0 Å². The van der Waals surface area contributed by atoms with Crippen LogP contribution in [0, 0.1) is 0 Å². The molecule has 0 radical (unpaired) electrons. The molecule has 0 saturated carbocycles. The SMILES string of the molecule is CCCNc1cc(C(F)F)nc2ccc(OC(F)F)cc12. The highest BCUT2D eigenvalue weighted by Crippen LogP contribution is 2.30. The van der Waals surface area contributed by atoms with Crippen molar-refractivity contribution < 1.29 is 22.3 Å². The maximum Gasteiger partial charge on any atom is 0.387 e. The summed E-state index contributed by atoms with van der Waals surface area (Å²) in [7, 11) is 0. The van der Waals surface area contributed by atoms with E-state index in [4.69, 9.17) is 0 Å². The molecule has 0 unspecified atom stereocenters. The Morgan fingerprint density at radius 2 is 1.95 bits per heavy atom. The Hall–Kier alpha value is -2.05. The summed E-state index contributed by atoms with van der Waals surface area (Å²) in [5.41, 5.74) is 0.369. The molecule has 0 aliphatic heterocycles. The van der Waals surface area contributed by atoms with Crippen molar-refractivity contribution in [3.63, 3.8) is 0 Å². The molecule has 21 heavy (non-hydrogen) atoms. The summed E-state index contributed by atoms with van der Waals surface area (Å²) < 4.78 is 54.5. The molecule has 7 heteroatoms. The first-order valence-corrected chi connectivity index (χ1v) is 6.42. The molecule has 0 saturated heterocycles. The first-order chi connectivity index (χ1) is 10.0. The zero-order valence-corrected chi connectivity index (χ0v) is 11.2. The molecule has 0 spiro atoms. The molecule has 1 N–H and O–H groups in total. The molecule has 2 aromatic rings. The first-order valence-electron chi connectivity index (χ1n) is 6.42. The van der Waals surface area contributed by atoms with Gasteiger partial charge < -0.3 is 10.1 Å². The zero-order valence-electron chi connectivity index (χ0n) is 11.2. The molecular formula is C14H14F4N2O. The van der Waals surface area contributed by atoms with Crippen LogP contribution in [-0.4, -0.2) is 18.1 Å². The summed E-state index contributed by atoms with van der Waals surface area (Å²) in [6, 6.07) is 5.26. The standard InChI is InChI=1S/C14H14F4N2O/c1-2-5-19-11-7-12(13(15)16)20-10-4-3-8(6-9(10)11)21-14(17)18/h3-4,6-7,13-14H,2,5H2,1H3,(H,19,20). The van der Waals surface area contributed by atoms with E-state index < -0.39 is 13.0 Å². The van der Waals surface area contributed by atoms with E-state index in [1.807, 2.05) is 6.92 Å². The summed E-state index contributed by atoms with van der Waals surface area (Å²) in [5, 5.41) is 3.46. The Kier molecular flexibility index (Phi) is 4.82. The lowest BCUT2D eigenvalue weighted by atomic mass is 10.1. The molecule has 0 bridgehead atoms. The molecule has 2 rings (SSSR count). The van der Waals surface area contributed by atoms with Crippen LogP contribution >= 0.6 is 0 Å². The predicted octanol–water partition coefficient (Wildman–Crippen LogP) is 4.60. The minimum Gasteiger partial charge on any atom is -0.435 e. The lowest BCUT2D eigenvalue weighted by Gasteiger charge is -2.12. The van der Waals surface area contributed by atoms with Crippen LogP contribution in [0.5, 0.6) is 5.75 Å². The van der Waals surface area contributed by atoms with E-state index in [1.165, 1.54) is 24.3 Å². The lowest BCUT2D eigenvalue weighted by Crippen LogP contribution is -2.04. The van der Waals surface area contributed by atoms with Gasteiger partial charge in [-0.3, -0.25) is 0 Å². The zero-order chi connectivity index (χ0) is 15.4. The molecule has 114 valence electrons. The predicted molar refractivity (Wildman–Crippen MR) is 72.1 cm³/mol. The lowest BCUT2D eigenvalue weighted by molar-refractivity contribution is -0.0497. The Morgan fingerprint density at radius 1 is 1.19 bits per heavy atom. The number of aromatic nitrogens is 1. The van der Waals surface area contributed by atoms with Crippen LogP contribution in [0.2, 0.25) is 0 Å². The summed E-state index contributed by atoms with van der Waals surface area (Å²) in [5.74, 6) is -0.0383. The molecule has 1 aromatic heterocycles. The molecular weight excluding hydrogens is 288 g/mol. The summed E-state index contributed by atoms with van der Waals surface area (Å²) >= 11 is 0. The molecule has 1 aromatic carbocycles. The fourth-order valence-corrected chi connectivity index (χ4v) is 1.92. The Balaban J connectivity index is 2.50. The quantitative estimate of drug-likeness (QED) is 0.792. The van der Waals surface area contributed by atoms with E-state index in [0.717, 1.165) is 6.42 Å². The minimum atomic E-state index is -2.94. The van der Waals surface area contributed by atoms with Gasteiger partial charge in [-0.05, 0) is 30.7 Å². The second kappa shape index (κ2) is 6.60. The Morgan fingerprint density at radius 3 is 2.57 bits per heavy atom. The van der Waals surface area contributed by atoms with Crippen molar-refractivity contribution in [2.24, 2.45) is 0 Å².